The Bertz CT molecular complexity index is 385. The van der Waals surface area contributed by atoms with Crippen LogP contribution in [-0.2, 0) is 0 Å². The molecule has 0 amide bonds. The highest BCUT2D eigenvalue weighted by Gasteiger charge is 2.23. The Morgan fingerprint density at radius 2 is 1.57 bits per heavy atom. The van der Waals surface area contributed by atoms with Gasteiger partial charge in [-0.3, -0.25) is 0 Å². The van der Waals surface area contributed by atoms with Gasteiger partial charge in [0.1, 0.15) is 6.04 Å². The van der Waals surface area contributed by atoms with Crippen LogP contribution in [0.4, 0.5) is 17.6 Å². The van der Waals surface area contributed by atoms with Crippen LogP contribution in [0.5, 0.6) is 0 Å². The molecule has 0 heterocycles. The summed E-state index contributed by atoms with van der Waals surface area (Å²) in [6.07, 6.45) is 0. The van der Waals surface area contributed by atoms with Crippen LogP contribution in [0.3, 0.4) is 0 Å². The molecule has 0 aliphatic heterocycles. The fourth-order valence-electron chi connectivity index (χ4n) is 0.929. The largest absolute Gasteiger partial charge is 0.312 e. The highest BCUT2D eigenvalue weighted by molar-refractivity contribution is 5.28. The Balaban J connectivity index is 3.49. The number of nitriles is 1. The number of benzene rings is 1. The van der Waals surface area contributed by atoms with Crippen molar-refractivity contribution < 1.29 is 17.6 Å². The smallest absolute Gasteiger partial charge is 0.167 e. The Morgan fingerprint density at radius 1 is 1.14 bits per heavy atom. The molecule has 6 heteroatoms. The molecule has 0 fully saturated rings. The number of nitrogens with two attached hydrogens (primary N) is 1. The van der Waals surface area contributed by atoms with Gasteiger partial charge in [-0.1, -0.05) is 0 Å². The van der Waals surface area contributed by atoms with E-state index in [0.717, 1.165) is 0 Å². The predicted molar refractivity (Wildman–Crippen MR) is 38.8 cm³/mol. The molecular weight excluding hydrogens is 200 g/mol. The van der Waals surface area contributed by atoms with Crippen LogP contribution in [-0.4, -0.2) is 0 Å². The highest BCUT2D eigenvalue weighted by atomic mass is 19.2. The SMILES string of the molecule is N#C[C@H](N)c1c(F)c(F)cc(F)c1F. The quantitative estimate of drug-likeness (QED) is 0.559. The molecule has 0 aromatic heterocycles. The lowest BCUT2D eigenvalue weighted by Crippen LogP contribution is -2.14. The van der Waals surface area contributed by atoms with E-state index in [4.69, 9.17) is 11.0 Å². The molecule has 1 rings (SSSR count). The Kier molecular flexibility index (Phi) is 2.72. The van der Waals surface area contributed by atoms with Crippen LogP contribution in [0, 0.1) is 34.6 Å². The summed E-state index contributed by atoms with van der Waals surface area (Å²) in [5.41, 5.74) is 3.87. The molecule has 0 spiro atoms. The summed E-state index contributed by atoms with van der Waals surface area (Å²) < 4.78 is 50.9. The maximum Gasteiger partial charge on any atom is 0.167 e. The third kappa shape index (κ3) is 1.54. The van der Waals surface area contributed by atoms with Crippen LogP contribution in [0.15, 0.2) is 6.07 Å². The topological polar surface area (TPSA) is 49.8 Å². The summed E-state index contributed by atoms with van der Waals surface area (Å²) >= 11 is 0. The molecule has 0 aliphatic rings. The fraction of sp³-hybridized carbons (Fsp3) is 0.125. The fourth-order valence-corrected chi connectivity index (χ4v) is 0.929. The number of rotatable bonds is 1. The molecular formula is C8H4F4N2. The molecule has 0 aliphatic carbocycles. The summed E-state index contributed by atoms with van der Waals surface area (Å²) in [5, 5.41) is 8.27. The minimum atomic E-state index is -1.74. The molecule has 0 saturated heterocycles. The van der Waals surface area contributed by atoms with Gasteiger partial charge in [-0.2, -0.15) is 5.26 Å². The molecule has 1 atom stereocenters. The maximum absolute atomic E-state index is 12.9. The molecule has 1 aromatic rings. The van der Waals surface area contributed by atoms with Gasteiger partial charge in [0.05, 0.1) is 11.6 Å². The first-order chi connectivity index (χ1) is 6.49. The summed E-state index contributed by atoms with van der Waals surface area (Å²) in [4.78, 5) is 0. The average molecular weight is 204 g/mol. The lowest BCUT2D eigenvalue weighted by molar-refractivity contribution is 0.435. The lowest BCUT2D eigenvalue weighted by atomic mass is 10.1. The molecule has 0 bridgehead atoms. The van der Waals surface area contributed by atoms with Crippen molar-refractivity contribution in [2.45, 2.75) is 6.04 Å². The van der Waals surface area contributed by atoms with Crippen molar-refractivity contribution in [1.29, 1.82) is 5.26 Å². The van der Waals surface area contributed by atoms with E-state index in [2.05, 4.69) is 0 Å². The van der Waals surface area contributed by atoms with Crippen LogP contribution < -0.4 is 5.73 Å². The lowest BCUT2D eigenvalue weighted by Gasteiger charge is -2.07. The van der Waals surface area contributed by atoms with Gasteiger partial charge in [0.25, 0.3) is 0 Å². The van der Waals surface area contributed by atoms with E-state index < -0.39 is 34.9 Å². The van der Waals surface area contributed by atoms with E-state index >= 15 is 0 Å². The Labute approximate surface area is 76.6 Å². The van der Waals surface area contributed by atoms with E-state index in [1.165, 1.54) is 6.07 Å². The number of hydrogen-bond acceptors (Lipinski definition) is 2. The first kappa shape index (κ1) is 10.5. The van der Waals surface area contributed by atoms with Gasteiger partial charge in [-0.25, -0.2) is 17.6 Å². The number of nitrogens with zero attached hydrogens (tertiary/aromatic N) is 1. The highest BCUT2D eigenvalue weighted by Crippen LogP contribution is 2.23. The zero-order valence-electron chi connectivity index (χ0n) is 6.69. The second kappa shape index (κ2) is 3.64. The van der Waals surface area contributed by atoms with E-state index in [1.807, 2.05) is 0 Å². The molecule has 74 valence electrons. The van der Waals surface area contributed by atoms with Crippen molar-refractivity contribution in [2.75, 3.05) is 0 Å². The van der Waals surface area contributed by atoms with Gasteiger partial charge in [0, 0.05) is 6.07 Å². The van der Waals surface area contributed by atoms with Gasteiger partial charge in [0.15, 0.2) is 23.3 Å². The van der Waals surface area contributed by atoms with Gasteiger partial charge in [-0.05, 0) is 0 Å². The van der Waals surface area contributed by atoms with Crippen LogP contribution >= 0.6 is 0 Å². The van der Waals surface area contributed by atoms with E-state index in [9.17, 15) is 17.6 Å². The second-order valence-electron chi connectivity index (χ2n) is 2.49. The van der Waals surface area contributed by atoms with Gasteiger partial charge in [0.2, 0.25) is 0 Å². The number of halogens is 4. The van der Waals surface area contributed by atoms with E-state index in [1.54, 1.807) is 0 Å². The van der Waals surface area contributed by atoms with Gasteiger partial charge >= 0.3 is 0 Å². The predicted octanol–water partition coefficient (Wildman–Crippen LogP) is 1.77. The second-order valence-corrected chi connectivity index (χ2v) is 2.49. The van der Waals surface area contributed by atoms with Crippen LogP contribution in [0.25, 0.3) is 0 Å². The molecule has 1 aromatic carbocycles. The summed E-state index contributed by atoms with van der Waals surface area (Å²) in [7, 11) is 0. The molecule has 14 heavy (non-hydrogen) atoms. The van der Waals surface area contributed by atoms with Crippen molar-refractivity contribution in [3.63, 3.8) is 0 Å². The summed E-state index contributed by atoms with van der Waals surface area (Å²) in [6.45, 7) is 0. The van der Waals surface area contributed by atoms with Crippen molar-refractivity contribution in [2.24, 2.45) is 5.73 Å². The average Bonchev–Trinajstić information content (AvgIpc) is 2.15. The standard InChI is InChI=1S/C8H4F4N2/c9-3-1-4(10)8(12)6(7(3)11)5(14)2-13/h1,5H,14H2/t5-/m0/s1. The Morgan fingerprint density at radius 3 is 1.93 bits per heavy atom. The summed E-state index contributed by atoms with van der Waals surface area (Å²) in [6, 6.07) is -0.400. The molecule has 0 unspecified atom stereocenters. The van der Waals surface area contributed by atoms with Crippen LogP contribution in [0.2, 0.25) is 0 Å². The van der Waals surface area contributed by atoms with Crippen LogP contribution in [0.1, 0.15) is 11.6 Å². The van der Waals surface area contributed by atoms with Crippen molar-refractivity contribution in [3.05, 3.63) is 34.9 Å². The van der Waals surface area contributed by atoms with E-state index in [-0.39, 0.29) is 6.07 Å². The molecule has 0 saturated carbocycles. The number of hydrogen-bond donors (Lipinski definition) is 1. The van der Waals surface area contributed by atoms with Crippen molar-refractivity contribution in [1.82, 2.24) is 0 Å². The minimum Gasteiger partial charge on any atom is -0.312 e. The first-order valence-corrected chi connectivity index (χ1v) is 3.47. The third-order valence-corrected chi connectivity index (χ3v) is 1.60. The molecule has 0 radical (unpaired) electrons. The van der Waals surface area contributed by atoms with Gasteiger partial charge in [-0.15, -0.1) is 0 Å². The van der Waals surface area contributed by atoms with Gasteiger partial charge < -0.3 is 5.73 Å². The minimum absolute atomic E-state index is 0.0538. The van der Waals surface area contributed by atoms with E-state index in [0.29, 0.717) is 0 Å². The molecule has 2 nitrogen and oxygen atoms in total. The monoisotopic (exact) mass is 204 g/mol. The zero-order chi connectivity index (χ0) is 10.9. The first-order valence-electron chi connectivity index (χ1n) is 3.47. The normalized spacial score (nSPS) is 12.3. The summed E-state index contributed by atoms with van der Waals surface area (Å²) in [5.74, 6) is -6.44. The maximum atomic E-state index is 12.9. The Hall–Kier alpha value is -1.61. The molecule has 2 N–H and O–H groups in total. The third-order valence-electron chi connectivity index (χ3n) is 1.60. The van der Waals surface area contributed by atoms with Crippen molar-refractivity contribution >= 4 is 0 Å². The van der Waals surface area contributed by atoms with Crippen molar-refractivity contribution in [3.8, 4) is 6.07 Å². The zero-order valence-corrected chi connectivity index (χ0v) is 6.69.